The van der Waals surface area contributed by atoms with Gasteiger partial charge in [-0.05, 0) is 25.8 Å². The van der Waals surface area contributed by atoms with Crippen molar-refractivity contribution in [1.82, 2.24) is 0 Å². The first-order valence-corrected chi connectivity index (χ1v) is 7.00. The Hall–Kier alpha value is -0.900. The van der Waals surface area contributed by atoms with Gasteiger partial charge >= 0.3 is 0 Å². The van der Waals surface area contributed by atoms with Crippen LogP contribution < -0.4 is 0 Å². The number of rotatable bonds is 5. The molecule has 1 saturated heterocycles. The maximum atomic E-state index is 5.94. The molecule has 0 aromatic heterocycles. The predicted octanol–water partition coefficient (Wildman–Crippen LogP) is 3.38. The third kappa shape index (κ3) is 4.60. The molecule has 0 amide bonds. The van der Waals surface area contributed by atoms with Crippen molar-refractivity contribution in [3.63, 3.8) is 0 Å². The smallest absolute Gasteiger partial charge is 0.163 e. The summed E-state index contributed by atoms with van der Waals surface area (Å²) in [4.78, 5) is 0. The van der Waals surface area contributed by atoms with E-state index in [0.717, 1.165) is 19.6 Å². The zero-order valence-electron chi connectivity index (χ0n) is 12.1. The van der Waals surface area contributed by atoms with Crippen molar-refractivity contribution in [2.45, 2.75) is 45.7 Å². The second kappa shape index (κ2) is 6.51. The maximum absolute atomic E-state index is 5.94. The molecular formula is C16H24O3. The van der Waals surface area contributed by atoms with Crippen LogP contribution in [-0.4, -0.2) is 25.1 Å². The first kappa shape index (κ1) is 14.5. The fourth-order valence-electron chi connectivity index (χ4n) is 2.26. The summed E-state index contributed by atoms with van der Waals surface area (Å²) in [5.41, 5.74) is 1.21. The van der Waals surface area contributed by atoms with Gasteiger partial charge in [-0.1, -0.05) is 37.3 Å². The van der Waals surface area contributed by atoms with Crippen molar-refractivity contribution >= 4 is 0 Å². The van der Waals surface area contributed by atoms with Crippen LogP contribution in [0, 0.1) is 5.92 Å². The summed E-state index contributed by atoms with van der Waals surface area (Å²) in [6, 6.07) is 10.2. The Balaban J connectivity index is 1.70. The molecule has 3 heteroatoms. The highest BCUT2D eigenvalue weighted by atomic mass is 16.7. The Morgan fingerprint density at radius 2 is 2.00 bits per heavy atom. The van der Waals surface area contributed by atoms with E-state index in [1.165, 1.54) is 5.56 Å². The van der Waals surface area contributed by atoms with E-state index in [1.807, 2.05) is 32.0 Å². The fourth-order valence-corrected chi connectivity index (χ4v) is 2.26. The molecule has 1 aliphatic rings. The average Bonchev–Trinajstić information content (AvgIpc) is 2.40. The van der Waals surface area contributed by atoms with Gasteiger partial charge in [0.2, 0.25) is 0 Å². The standard InChI is InChI=1S/C16H24O3/c1-13-11-18-16(2,3)19-15(13)9-10-17-12-14-7-5-4-6-8-14/h4-8,13,15H,9-12H2,1-3H3/t13-,15-/m1/s1. The van der Waals surface area contributed by atoms with E-state index < -0.39 is 5.79 Å². The van der Waals surface area contributed by atoms with Gasteiger partial charge in [-0.3, -0.25) is 0 Å². The minimum atomic E-state index is -0.462. The SMILES string of the molecule is C[C@@H]1COC(C)(C)O[C@@H]1CCOCc1ccccc1. The molecule has 1 heterocycles. The molecule has 0 radical (unpaired) electrons. The van der Waals surface area contributed by atoms with Crippen LogP contribution in [0.4, 0.5) is 0 Å². The van der Waals surface area contributed by atoms with Crippen LogP contribution in [0.3, 0.4) is 0 Å². The van der Waals surface area contributed by atoms with Gasteiger partial charge in [0.25, 0.3) is 0 Å². The molecule has 1 aromatic rings. The Morgan fingerprint density at radius 1 is 1.26 bits per heavy atom. The maximum Gasteiger partial charge on any atom is 0.163 e. The molecular weight excluding hydrogens is 240 g/mol. The van der Waals surface area contributed by atoms with E-state index in [4.69, 9.17) is 14.2 Å². The van der Waals surface area contributed by atoms with E-state index in [2.05, 4.69) is 19.1 Å². The van der Waals surface area contributed by atoms with E-state index in [0.29, 0.717) is 12.5 Å². The molecule has 2 rings (SSSR count). The summed E-state index contributed by atoms with van der Waals surface area (Å²) in [5, 5.41) is 0. The van der Waals surface area contributed by atoms with Crippen molar-refractivity contribution in [1.29, 1.82) is 0 Å². The van der Waals surface area contributed by atoms with Gasteiger partial charge in [-0.15, -0.1) is 0 Å². The lowest BCUT2D eigenvalue weighted by Gasteiger charge is -2.39. The molecule has 0 aliphatic carbocycles. The van der Waals surface area contributed by atoms with Crippen LogP contribution in [0.2, 0.25) is 0 Å². The zero-order valence-corrected chi connectivity index (χ0v) is 12.1. The van der Waals surface area contributed by atoms with Gasteiger partial charge < -0.3 is 14.2 Å². The predicted molar refractivity (Wildman–Crippen MR) is 74.8 cm³/mol. The minimum Gasteiger partial charge on any atom is -0.377 e. The van der Waals surface area contributed by atoms with Gasteiger partial charge in [0.1, 0.15) is 0 Å². The van der Waals surface area contributed by atoms with Crippen LogP contribution in [0.1, 0.15) is 32.8 Å². The van der Waals surface area contributed by atoms with Crippen LogP contribution in [0.5, 0.6) is 0 Å². The molecule has 1 fully saturated rings. The molecule has 19 heavy (non-hydrogen) atoms. The quantitative estimate of drug-likeness (QED) is 0.763. The van der Waals surface area contributed by atoms with E-state index in [-0.39, 0.29) is 6.10 Å². The highest BCUT2D eigenvalue weighted by Gasteiger charge is 2.33. The van der Waals surface area contributed by atoms with E-state index >= 15 is 0 Å². The molecule has 1 aromatic carbocycles. The Kier molecular flexibility index (Phi) is 4.97. The van der Waals surface area contributed by atoms with Crippen molar-refractivity contribution in [2.24, 2.45) is 5.92 Å². The van der Waals surface area contributed by atoms with Crippen molar-refractivity contribution in [3.05, 3.63) is 35.9 Å². The number of ether oxygens (including phenoxy) is 3. The number of hydrogen-bond donors (Lipinski definition) is 0. The fraction of sp³-hybridized carbons (Fsp3) is 0.625. The summed E-state index contributed by atoms with van der Waals surface area (Å²) in [6.07, 6.45) is 1.14. The summed E-state index contributed by atoms with van der Waals surface area (Å²) in [5.74, 6) is -0.0373. The molecule has 1 aliphatic heterocycles. The van der Waals surface area contributed by atoms with Gasteiger partial charge in [-0.25, -0.2) is 0 Å². The Morgan fingerprint density at radius 3 is 2.74 bits per heavy atom. The van der Waals surface area contributed by atoms with E-state index in [1.54, 1.807) is 0 Å². The average molecular weight is 264 g/mol. The third-order valence-electron chi connectivity index (χ3n) is 3.42. The first-order valence-electron chi connectivity index (χ1n) is 7.00. The highest BCUT2D eigenvalue weighted by molar-refractivity contribution is 5.13. The number of hydrogen-bond acceptors (Lipinski definition) is 3. The first-order chi connectivity index (χ1) is 9.07. The Labute approximate surface area is 115 Å². The number of benzene rings is 1. The van der Waals surface area contributed by atoms with Gasteiger partial charge in [-0.2, -0.15) is 0 Å². The summed E-state index contributed by atoms with van der Waals surface area (Å²) in [7, 11) is 0. The monoisotopic (exact) mass is 264 g/mol. The van der Waals surface area contributed by atoms with Crippen molar-refractivity contribution in [2.75, 3.05) is 13.2 Å². The summed E-state index contributed by atoms with van der Waals surface area (Å²) in [6.45, 7) is 8.25. The van der Waals surface area contributed by atoms with Gasteiger partial charge in [0, 0.05) is 12.5 Å². The van der Waals surface area contributed by atoms with Crippen molar-refractivity contribution in [3.8, 4) is 0 Å². The second-order valence-electron chi connectivity index (χ2n) is 5.67. The van der Waals surface area contributed by atoms with Crippen LogP contribution >= 0.6 is 0 Å². The molecule has 3 nitrogen and oxygen atoms in total. The Bertz CT molecular complexity index is 375. The summed E-state index contributed by atoms with van der Waals surface area (Å²) >= 11 is 0. The van der Waals surface area contributed by atoms with Gasteiger partial charge in [0.15, 0.2) is 5.79 Å². The van der Waals surface area contributed by atoms with E-state index in [9.17, 15) is 0 Å². The van der Waals surface area contributed by atoms with Crippen molar-refractivity contribution < 1.29 is 14.2 Å². The second-order valence-corrected chi connectivity index (χ2v) is 5.67. The minimum absolute atomic E-state index is 0.222. The lowest BCUT2D eigenvalue weighted by atomic mass is 10.0. The lowest BCUT2D eigenvalue weighted by Crippen LogP contribution is -2.45. The molecule has 0 bridgehead atoms. The molecule has 2 atom stereocenters. The zero-order chi connectivity index (χ0) is 13.7. The molecule has 0 saturated carbocycles. The topological polar surface area (TPSA) is 27.7 Å². The molecule has 0 N–H and O–H groups in total. The largest absolute Gasteiger partial charge is 0.377 e. The normalized spacial score (nSPS) is 26.3. The summed E-state index contributed by atoms with van der Waals surface area (Å²) < 4.78 is 17.3. The molecule has 0 unspecified atom stereocenters. The van der Waals surface area contributed by atoms with Crippen LogP contribution in [0.15, 0.2) is 30.3 Å². The van der Waals surface area contributed by atoms with Crippen LogP contribution in [0.25, 0.3) is 0 Å². The lowest BCUT2D eigenvalue weighted by molar-refractivity contribution is -0.292. The molecule has 106 valence electrons. The molecule has 0 spiro atoms. The third-order valence-corrected chi connectivity index (χ3v) is 3.42. The highest BCUT2D eigenvalue weighted by Crippen LogP contribution is 2.27. The van der Waals surface area contributed by atoms with Crippen LogP contribution in [-0.2, 0) is 20.8 Å². The van der Waals surface area contributed by atoms with Gasteiger partial charge in [0.05, 0.1) is 19.3 Å².